The number of halogens is 1. The molecule has 2 aromatic rings. The number of ether oxygens (including phenoxy) is 1. The summed E-state index contributed by atoms with van der Waals surface area (Å²) in [5.41, 5.74) is 7.16. The normalized spacial score (nSPS) is 15.5. The molecule has 21 heavy (non-hydrogen) atoms. The molecule has 1 aliphatic rings. The van der Waals surface area contributed by atoms with E-state index in [9.17, 15) is 4.39 Å². The Kier molecular flexibility index (Phi) is 4.20. The fraction of sp³-hybridized carbons (Fsp3) is 0.438. The molecule has 0 unspecified atom stereocenters. The molecule has 0 aliphatic heterocycles. The molecule has 1 aromatic carbocycles. The van der Waals surface area contributed by atoms with Crippen LogP contribution in [0.3, 0.4) is 0 Å². The lowest BCUT2D eigenvalue weighted by molar-refractivity contribution is 0.294. The van der Waals surface area contributed by atoms with Crippen molar-refractivity contribution in [2.75, 3.05) is 0 Å². The Hall–Kier alpha value is -1.88. The largest absolute Gasteiger partial charge is 0.487 e. The van der Waals surface area contributed by atoms with Gasteiger partial charge < -0.3 is 10.5 Å². The van der Waals surface area contributed by atoms with E-state index in [0.717, 1.165) is 5.69 Å². The molecule has 1 saturated carbocycles. The molecule has 1 aromatic heterocycles. The van der Waals surface area contributed by atoms with Gasteiger partial charge in [0.1, 0.15) is 18.2 Å². The minimum Gasteiger partial charge on any atom is -0.487 e. The molecule has 1 fully saturated rings. The molecular formula is C16H20FN3O. The van der Waals surface area contributed by atoms with Gasteiger partial charge in [-0.2, -0.15) is 5.10 Å². The van der Waals surface area contributed by atoms with E-state index in [1.54, 1.807) is 6.07 Å². The molecule has 1 aliphatic carbocycles. The van der Waals surface area contributed by atoms with Crippen LogP contribution in [-0.2, 0) is 13.2 Å². The highest BCUT2D eigenvalue weighted by molar-refractivity contribution is 5.33. The first kappa shape index (κ1) is 14.1. The van der Waals surface area contributed by atoms with Gasteiger partial charge in [-0.3, -0.25) is 4.68 Å². The van der Waals surface area contributed by atoms with Crippen LogP contribution >= 0.6 is 0 Å². The number of hydrogen-bond acceptors (Lipinski definition) is 3. The molecule has 4 nitrogen and oxygen atoms in total. The summed E-state index contributed by atoms with van der Waals surface area (Å²) in [5.74, 6) is 0.322. The van der Waals surface area contributed by atoms with Crippen LogP contribution in [0.4, 0.5) is 4.39 Å². The first-order valence-corrected chi connectivity index (χ1v) is 7.41. The predicted molar refractivity (Wildman–Crippen MR) is 78.4 cm³/mol. The van der Waals surface area contributed by atoms with E-state index in [1.807, 2.05) is 16.9 Å². The van der Waals surface area contributed by atoms with Crippen molar-refractivity contribution < 1.29 is 9.13 Å². The molecule has 0 radical (unpaired) electrons. The summed E-state index contributed by atoms with van der Waals surface area (Å²) in [6, 6.07) is 6.91. The lowest BCUT2D eigenvalue weighted by Crippen LogP contribution is -2.07. The Labute approximate surface area is 123 Å². The molecule has 1 heterocycles. The molecule has 2 N–H and O–H groups in total. The van der Waals surface area contributed by atoms with E-state index in [0.29, 0.717) is 24.0 Å². The Balaban J connectivity index is 1.65. The van der Waals surface area contributed by atoms with E-state index in [-0.39, 0.29) is 12.4 Å². The summed E-state index contributed by atoms with van der Waals surface area (Å²) in [7, 11) is 0. The first-order valence-electron chi connectivity index (χ1n) is 7.41. The van der Waals surface area contributed by atoms with Crippen LogP contribution in [0.2, 0.25) is 0 Å². The number of benzene rings is 1. The third-order valence-electron chi connectivity index (χ3n) is 3.98. The maximum atomic E-state index is 13.1. The van der Waals surface area contributed by atoms with Crippen LogP contribution < -0.4 is 10.5 Å². The Morgan fingerprint density at radius 2 is 2.10 bits per heavy atom. The van der Waals surface area contributed by atoms with Crippen LogP contribution in [0.1, 0.15) is 43.0 Å². The Bertz CT molecular complexity index is 605. The van der Waals surface area contributed by atoms with Gasteiger partial charge in [0.15, 0.2) is 0 Å². The zero-order chi connectivity index (χ0) is 14.7. The minimum absolute atomic E-state index is 0.254. The summed E-state index contributed by atoms with van der Waals surface area (Å²) < 4.78 is 20.9. The van der Waals surface area contributed by atoms with E-state index in [1.165, 1.54) is 37.8 Å². The maximum Gasteiger partial charge on any atom is 0.132 e. The molecule has 0 spiro atoms. The number of hydrogen-bond donors (Lipinski definition) is 1. The lowest BCUT2D eigenvalue weighted by atomic mass is 10.2. The summed E-state index contributed by atoms with van der Waals surface area (Å²) >= 11 is 0. The van der Waals surface area contributed by atoms with Gasteiger partial charge in [-0.15, -0.1) is 0 Å². The van der Waals surface area contributed by atoms with Gasteiger partial charge in [-0.1, -0.05) is 12.8 Å². The van der Waals surface area contributed by atoms with E-state index >= 15 is 0 Å². The van der Waals surface area contributed by atoms with Crippen molar-refractivity contribution in [2.24, 2.45) is 5.73 Å². The summed E-state index contributed by atoms with van der Waals surface area (Å²) in [6.45, 7) is 0.627. The maximum absolute atomic E-state index is 13.1. The monoisotopic (exact) mass is 289 g/mol. The highest BCUT2D eigenvalue weighted by Gasteiger charge is 2.17. The van der Waals surface area contributed by atoms with Gasteiger partial charge in [0.25, 0.3) is 0 Å². The molecule has 0 atom stereocenters. The van der Waals surface area contributed by atoms with Crippen molar-refractivity contribution in [3.8, 4) is 5.75 Å². The van der Waals surface area contributed by atoms with Crippen molar-refractivity contribution >= 4 is 0 Å². The van der Waals surface area contributed by atoms with Crippen molar-refractivity contribution in [1.82, 2.24) is 9.78 Å². The van der Waals surface area contributed by atoms with Crippen LogP contribution in [0.5, 0.6) is 5.75 Å². The highest BCUT2D eigenvalue weighted by Crippen LogP contribution is 2.28. The van der Waals surface area contributed by atoms with Gasteiger partial charge in [0.2, 0.25) is 0 Å². The molecule has 0 amide bonds. The molecule has 0 saturated heterocycles. The SMILES string of the molecule is NCc1cc(F)ccc1OCc1ccn(C2CCCC2)n1. The molecule has 3 rings (SSSR count). The highest BCUT2D eigenvalue weighted by atomic mass is 19.1. The van der Waals surface area contributed by atoms with Gasteiger partial charge in [0.05, 0.1) is 11.7 Å². The van der Waals surface area contributed by atoms with Crippen molar-refractivity contribution in [3.05, 3.63) is 47.5 Å². The Morgan fingerprint density at radius 3 is 2.86 bits per heavy atom. The van der Waals surface area contributed by atoms with Crippen LogP contribution in [0.25, 0.3) is 0 Å². The fourth-order valence-corrected chi connectivity index (χ4v) is 2.83. The molecule has 5 heteroatoms. The summed E-state index contributed by atoms with van der Waals surface area (Å²) in [4.78, 5) is 0. The summed E-state index contributed by atoms with van der Waals surface area (Å²) in [5, 5.41) is 4.57. The van der Waals surface area contributed by atoms with E-state index in [4.69, 9.17) is 10.5 Å². The van der Waals surface area contributed by atoms with Gasteiger partial charge >= 0.3 is 0 Å². The second-order valence-corrected chi connectivity index (χ2v) is 5.47. The zero-order valence-corrected chi connectivity index (χ0v) is 12.0. The van der Waals surface area contributed by atoms with Crippen molar-refractivity contribution in [2.45, 2.75) is 44.9 Å². The number of nitrogens with two attached hydrogens (primary N) is 1. The van der Waals surface area contributed by atoms with E-state index in [2.05, 4.69) is 5.10 Å². The topological polar surface area (TPSA) is 53.1 Å². The van der Waals surface area contributed by atoms with Gasteiger partial charge in [-0.25, -0.2) is 4.39 Å². The van der Waals surface area contributed by atoms with Crippen LogP contribution in [-0.4, -0.2) is 9.78 Å². The third-order valence-corrected chi connectivity index (χ3v) is 3.98. The molecule has 112 valence electrons. The average molecular weight is 289 g/mol. The second kappa shape index (κ2) is 6.26. The van der Waals surface area contributed by atoms with Crippen LogP contribution in [0.15, 0.2) is 30.5 Å². The zero-order valence-electron chi connectivity index (χ0n) is 12.0. The third kappa shape index (κ3) is 3.24. The minimum atomic E-state index is -0.298. The average Bonchev–Trinajstić information content (AvgIpc) is 3.16. The van der Waals surface area contributed by atoms with E-state index < -0.39 is 0 Å². The van der Waals surface area contributed by atoms with Gasteiger partial charge in [0, 0.05) is 18.3 Å². The standard InChI is InChI=1S/C16H20FN3O/c17-13-5-6-16(12(9-13)10-18)21-11-14-7-8-20(19-14)15-3-1-2-4-15/h5-9,15H,1-4,10-11,18H2. The molecule has 0 bridgehead atoms. The fourth-order valence-electron chi connectivity index (χ4n) is 2.83. The number of aromatic nitrogens is 2. The van der Waals surface area contributed by atoms with Crippen molar-refractivity contribution in [3.63, 3.8) is 0 Å². The van der Waals surface area contributed by atoms with Gasteiger partial charge in [-0.05, 0) is 37.1 Å². The van der Waals surface area contributed by atoms with Crippen LogP contribution in [0, 0.1) is 5.82 Å². The Morgan fingerprint density at radius 1 is 1.29 bits per heavy atom. The first-order chi connectivity index (χ1) is 10.3. The van der Waals surface area contributed by atoms with Crippen molar-refractivity contribution in [1.29, 1.82) is 0 Å². The lowest BCUT2D eigenvalue weighted by Gasteiger charge is -2.10. The second-order valence-electron chi connectivity index (χ2n) is 5.47. The number of nitrogens with zero attached hydrogens (tertiary/aromatic N) is 2. The quantitative estimate of drug-likeness (QED) is 0.919. The summed E-state index contributed by atoms with van der Waals surface area (Å²) in [6.07, 6.45) is 7.00. The molecular weight excluding hydrogens is 269 g/mol. The smallest absolute Gasteiger partial charge is 0.132 e. The number of rotatable bonds is 5. The predicted octanol–water partition coefficient (Wildman–Crippen LogP) is 3.18.